The van der Waals surface area contributed by atoms with Gasteiger partial charge < -0.3 is 0 Å². The van der Waals surface area contributed by atoms with E-state index in [1.54, 1.807) is 11.1 Å². The van der Waals surface area contributed by atoms with Crippen molar-refractivity contribution in [1.29, 1.82) is 0 Å². The molecule has 0 radical (unpaired) electrons. The molecule has 0 amide bonds. The largest absolute Gasteiger partial charge is 0.0737 e. The normalized spacial score (nSPS) is 22.4. The van der Waals surface area contributed by atoms with E-state index in [0.29, 0.717) is 11.8 Å². The van der Waals surface area contributed by atoms with Gasteiger partial charge in [0.05, 0.1) is 0 Å². The summed E-state index contributed by atoms with van der Waals surface area (Å²) in [6.07, 6.45) is 2.38. The van der Waals surface area contributed by atoms with Crippen LogP contribution in [0.4, 0.5) is 0 Å². The second-order valence-corrected chi connectivity index (χ2v) is 6.51. The average Bonchev–Trinajstić information content (AvgIpc) is 2.50. The molecule has 3 rings (SSSR count). The van der Waals surface area contributed by atoms with Crippen LogP contribution in [0.15, 0.2) is 65.7 Å². The zero-order valence-corrected chi connectivity index (χ0v) is 13.3. The van der Waals surface area contributed by atoms with Gasteiger partial charge in [0.1, 0.15) is 0 Å². The summed E-state index contributed by atoms with van der Waals surface area (Å²) in [4.78, 5) is 0. The maximum Gasteiger partial charge on any atom is -0.00527 e. The lowest BCUT2D eigenvalue weighted by atomic mass is 9.70. The van der Waals surface area contributed by atoms with Crippen LogP contribution in [0.3, 0.4) is 0 Å². The molecule has 0 saturated heterocycles. The molecule has 0 spiro atoms. The van der Waals surface area contributed by atoms with Crippen LogP contribution in [-0.2, 0) is 0 Å². The summed E-state index contributed by atoms with van der Waals surface area (Å²) in [6.45, 7) is 6.80. The molecule has 0 heteroatoms. The Bertz CT molecular complexity index is 649. The molecular formula is C21H24. The molecule has 2 aromatic rings. The minimum Gasteiger partial charge on any atom is -0.0737 e. The summed E-state index contributed by atoms with van der Waals surface area (Å²) < 4.78 is 0. The fourth-order valence-electron chi connectivity index (χ4n) is 3.59. The van der Waals surface area contributed by atoms with Gasteiger partial charge in [-0.3, -0.25) is 0 Å². The van der Waals surface area contributed by atoms with E-state index in [-0.39, 0.29) is 0 Å². The predicted octanol–water partition coefficient (Wildman–Crippen LogP) is 5.99. The van der Waals surface area contributed by atoms with Crippen molar-refractivity contribution in [3.63, 3.8) is 0 Å². The van der Waals surface area contributed by atoms with Gasteiger partial charge >= 0.3 is 0 Å². The smallest absolute Gasteiger partial charge is 0.00527 e. The van der Waals surface area contributed by atoms with E-state index in [9.17, 15) is 0 Å². The highest BCUT2D eigenvalue weighted by atomic mass is 14.3. The summed E-state index contributed by atoms with van der Waals surface area (Å²) in [6, 6.07) is 20.1. The molecule has 0 N–H and O–H groups in total. The van der Waals surface area contributed by atoms with Crippen molar-refractivity contribution in [2.45, 2.75) is 45.4 Å². The molecule has 0 fully saturated rings. The molecule has 0 bridgehead atoms. The summed E-state index contributed by atoms with van der Waals surface area (Å²) in [5.74, 6) is 1.22. The Hall–Kier alpha value is -1.82. The number of benzene rings is 2. The molecule has 0 unspecified atom stereocenters. The number of allylic oxidation sites excluding steroid dienone is 2. The Kier molecular flexibility index (Phi) is 3.96. The molecule has 21 heavy (non-hydrogen) atoms. The lowest BCUT2D eigenvalue weighted by Crippen LogP contribution is -2.17. The van der Waals surface area contributed by atoms with Crippen molar-refractivity contribution in [1.82, 2.24) is 0 Å². The third-order valence-corrected chi connectivity index (χ3v) is 4.96. The summed E-state index contributed by atoms with van der Waals surface area (Å²) in [7, 11) is 0. The number of hydrogen-bond donors (Lipinski definition) is 0. The van der Waals surface area contributed by atoms with Crippen molar-refractivity contribution < 1.29 is 0 Å². The summed E-state index contributed by atoms with van der Waals surface area (Å²) in [5, 5.41) is 0. The Morgan fingerprint density at radius 3 is 1.86 bits per heavy atom. The van der Waals surface area contributed by atoms with E-state index in [2.05, 4.69) is 75.4 Å². The predicted molar refractivity (Wildman–Crippen MR) is 90.7 cm³/mol. The third kappa shape index (κ3) is 2.95. The van der Waals surface area contributed by atoms with Gasteiger partial charge in [0.25, 0.3) is 0 Å². The van der Waals surface area contributed by atoms with Crippen molar-refractivity contribution in [2.75, 3.05) is 0 Å². The minimum absolute atomic E-state index is 0.607. The van der Waals surface area contributed by atoms with Gasteiger partial charge in [0.15, 0.2) is 0 Å². The average molecular weight is 276 g/mol. The van der Waals surface area contributed by atoms with Crippen LogP contribution in [0.5, 0.6) is 0 Å². The van der Waals surface area contributed by atoms with Crippen LogP contribution in [0, 0.1) is 6.92 Å². The zero-order valence-electron chi connectivity index (χ0n) is 13.3. The third-order valence-electron chi connectivity index (χ3n) is 4.96. The Morgan fingerprint density at radius 1 is 0.667 bits per heavy atom. The lowest BCUT2D eigenvalue weighted by molar-refractivity contribution is 0.496. The SMILES string of the molecule is CC1=C(C)C[C@@H](c2cccc(C)c2)[C@H](c2ccccc2)C1. The monoisotopic (exact) mass is 276 g/mol. The van der Waals surface area contributed by atoms with Gasteiger partial charge in [-0.25, -0.2) is 0 Å². The van der Waals surface area contributed by atoms with Crippen LogP contribution in [0.25, 0.3) is 0 Å². The molecule has 0 nitrogen and oxygen atoms in total. The van der Waals surface area contributed by atoms with Crippen molar-refractivity contribution >= 4 is 0 Å². The standard InChI is InChI=1S/C21H24/c1-15-8-7-11-19(12-15)21-14-17(3)16(2)13-20(21)18-9-5-4-6-10-18/h4-12,20-21H,13-14H2,1-3H3/t20-,21-/m0/s1. The van der Waals surface area contributed by atoms with Crippen LogP contribution < -0.4 is 0 Å². The van der Waals surface area contributed by atoms with Gasteiger partial charge in [0.2, 0.25) is 0 Å². The molecular weight excluding hydrogens is 252 g/mol. The number of aryl methyl sites for hydroxylation is 1. The van der Waals surface area contributed by atoms with Crippen molar-refractivity contribution in [3.05, 3.63) is 82.4 Å². The second kappa shape index (κ2) is 5.89. The van der Waals surface area contributed by atoms with E-state index in [1.165, 1.54) is 29.5 Å². The highest BCUT2D eigenvalue weighted by Crippen LogP contribution is 2.46. The van der Waals surface area contributed by atoms with Crippen LogP contribution in [0.2, 0.25) is 0 Å². The fourth-order valence-corrected chi connectivity index (χ4v) is 3.59. The first-order valence-corrected chi connectivity index (χ1v) is 7.92. The molecule has 108 valence electrons. The lowest BCUT2D eigenvalue weighted by Gasteiger charge is -2.34. The first-order chi connectivity index (χ1) is 10.1. The van der Waals surface area contributed by atoms with Crippen LogP contribution >= 0.6 is 0 Å². The molecule has 0 heterocycles. The zero-order chi connectivity index (χ0) is 14.8. The van der Waals surface area contributed by atoms with Crippen LogP contribution in [0.1, 0.15) is 55.2 Å². The fraction of sp³-hybridized carbons (Fsp3) is 0.333. The van der Waals surface area contributed by atoms with Gasteiger partial charge in [-0.1, -0.05) is 71.3 Å². The highest BCUT2D eigenvalue weighted by molar-refractivity contribution is 5.36. The summed E-state index contributed by atoms with van der Waals surface area (Å²) in [5.41, 5.74) is 7.50. The number of hydrogen-bond acceptors (Lipinski definition) is 0. The molecule has 2 atom stereocenters. The van der Waals surface area contributed by atoms with Gasteiger partial charge in [0, 0.05) is 0 Å². The van der Waals surface area contributed by atoms with E-state index in [4.69, 9.17) is 0 Å². The first kappa shape index (κ1) is 14.1. The van der Waals surface area contributed by atoms with Gasteiger partial charge in [-0.05, 0) is 56.6 Å². The number of rotatable bonds is 2. The molecule has 2 aromatic carbocycles. The van der Waals surface area contributed by atoms with E-state index in [0.717, 1.165) is 0 Å². The molecule has 1 aliphatic carbocycles. The maximum absolute atomic E-state index is 2.37. The van der Waals surface area contributed by atoms with Gasteiger partial charge in [-0.15, -0.1) is 0 Å². The van der Waals surface area contributed by atoms with E-state index < -0.39 is 0 Å². The van der Waals surface area contributed by atoms with Crippen molar-refractivity contribution in [3.8, 4) is 0 Å². The highest BCUT2D eigenvalue weighted by Gasteiger charge is 2.29. The minimum atomic E-state index is 0.607. The summed E-state index contributed by atoms with van der Waals surface area (Å²) >= 11 is 0. The molecule has 0 aromatic heterocycles. The van der Waals surface area contributed by atoms with E-state index in [1.807, 2.05) is 0 Å². The topological polar surface area (TPSA) is 0 Å². The first-order valence-electron chi connectivity index (χ1n) is 7.92. The molecule has 0 aliphatic heterocycles. The van der Waals surface area contributed by atoms with E-state index >= 15 is 0 Å². The van der Waals surface area contributed by atoms with Crippen LogP contribution in [-0.4, -0.2) is 0 Å². The second-order valence-electron chi connectivity index (χ2n) is 6.51. The maximum atomic E-state index is 2.37. The quantitative estimate of drug-likeness (QED) is 0.591. The Balaban J connectivity index is 2.03. The Labute approximate surface area is 128 Å². The Morgan fingerprint density at radius 2 is 1.24 bits per heavy atom. The van der Waals surface area contributed by atoms with Crippen molar-refractivity contribution in [2.24, 2.45) is 0 Å². The molecule has 0 saturated carbocycles. The van der Waals surface area contributed by atoms with Gasteiger partial charge in [-0.2, -0.15) is 0 Å². The molecule has 1 aliphatic rings.